The van der Waals surface area contributed by atoms with E-state index in [2.05, 4.69) is 10.3 Å². The predicted molar refractivity (Wildman–Crippen MR) is 115 cm³/mol. The van der Waals surface area contributed by atoms with Crippen molar-refractivity contribution in [2.75, 3.05) is 0 Å². The van der Waals surface area contributed by atoms with Crippen LogP contribution < -0.4 is 5.32 Å². The van der Waals surface area contributed by atoms with Crippen LogP contribution in [0.2, 0.25) is 0 Å². The Morgan fingerprint density at radius 3 is 2.57 bits per heavy atom. The van der Waals surface area contributed by atoms with Crippen molar-refractivity contribution in [3.05, 3.63) is 53.9 Å². The van der Waals surface area contributed by atoms with Gasteiger partial charge >= 0.3 is 0 Å². The van der Waals surface area contributed by atoms with Crippen LogP contribution in [0.25, 0.3) is 22.2 Å². The van der Waals surface area contributed by atoms with Crippen molar-refractivity contribution in [1.82, 2.24) is 10.3 Å². The molecule has 1 aliphatic carbocycles. The molecule has 3 N–H and O–H groups in total. The molecule has 4 rings (SSSR count). The third-order valence-electron chi connectivity index (χ3n) is 6.05. The molecule has 0 unspecified atom stereocenters. The Morgan fingerprint density at radius 1 is 1.23 bits per heavy atom. The van der Waals surface area contributed by atoms with Crippen LogP contribution >= 0.6 is 0 Å². The Labute approximate surface area is 178 Å². The number of nitrogens with one attached hydrogen (secondary N) is 1. The molecule has 30 heavy (non-hydrogen) atoms. The third-order valence-corrected chi connectivity index (χ3v) is 6.05. The van der Waals surface area contributed by atoms with E-state index in [4.69, 9.17) is 7.16 Å². The van der Waals surface area contributed by atoms with Crippen molar-refractivity contribution in [2.45, 2.75) is 57.7 Å². The molecule has 2 aromatic heterocycles. The number of benzene rings is 1. The van der Waals surface area contributed by atoms with E-state index in [-0.39, 0.29) is 23.6 Å². The molecule has 0 spiro atoms. The Morgan fingerprint density at radius 2 is 1.93 bits per heavy atom. The molecule has 1 saturated carbocycles. The molecule has 6 heteroatoms. The smallest absolute Gasteiger partial charge is 0.251 e. The molecular weight excluding hydrogens is 380 g/mol. The highest BCUT2D eigenvalue weighted by molar-refractivity contribution is 5.96. The molecule has 0 radical (unpaired) electrons. The van der Waals surface area contributed by atoms with Crippen molar-refractivity contribution in [2.24, 2.45) is 5.92 Å². The number of pyridine rings is 1. The third kappa shape index (κ3) is 4.25. The zero-order chi connectivity index (χ0) is 23.1. The van der Waals surface area contributed by atoms with E-state index in [0.717, 1.165) is 25.7 Å². The number of furan rings is 1. The average Bonchev–Trinajstić information content (AvgIpc) is 3.21. The second kappa shape index (κ2) is 8.20. The van der Waals surface area contributed by atoms with Gasteiger partial charge in [-0.05, 0) is 63.6 Å². The topological polar surface area (TPSA) is 95.6 Å². The second-order valence-electron chi connectivity index (χ2n) is 8.55. The molecule has 0 aliphatic heterocycles. The first kappa shape index (κ1) is 18.1. The van der Waals surface area contributed by atoms with Crippen LogP contribution in [0.3, 0.4) is 0 Å². The largest absolute Gasteiger partial charge is 0.464 e. The average molecular weight is 411 g/mol. The summed E-state index contributed by atoms with van der Waals surface area (Å²) in [6, 6.07) is 10.1. The van der Waals surface area contributed by atoms with E-state index < -0.39 is 12.2 Å². The minimum Gasteiger partial charge on any atom is -0.464 e. The molecule has 1 amide bonds. The predicted octanol–water partition coefficient (Wildman–Crippen LogP) is 4.05. The molecule has 158 valence electrons. The van der Waals surface area contributed by atoms with Crippen LogP contribution in [0.5, 0.6) is 0 Å². The van der Waals surface area contributed by atoms with Gasteiger partial charge < -0.3 is 19.9 Å². The summed E-state index contributed by atoms with van der Waals surface area (Å²) in [4.78, 5) is 17.0. The summed E-state index contributed by atoms with van der Waals surface area (Å²) in [5.41, 5.74) is 1.28. The second-order valence-corrected chi connectivity index (χ2v) is 8.55. The Balaban J connectivity index is 1.49. The van der Waals surface area contributed by atoms with Gasteiger partial charge in [-0.15, -0.1) is 0 Å². The van der Waals surface area contributed by atoms with Crippen LogP contribution in [0.15, 0.2) is 47.1 Å². The number of hydrogen-bond donors (Lipinski definition) is 3. The van der Waals surface area contributed by atoms with E-state index in [1.807, 2.05) is 13.8 Å². The maximum atomic E-state index is 12.7. The fourth-order valence-electron chi connectivity index (χ4n) is 4.24. The van der Waals surface area contributed by atoms with E-state index in [1.54, 1.807) is 30.3 Å². The van der Waals surface area contributed by atoms with Gasteiger partial charge in [0.1, 0.15) is 5.58 Å². The van der Waals surface area contributed by atoms with Gasteiger partial charge in [-0.25, -0.2) is 4.98 Å². The van der Waals surface area contributed by atoms with Crippen LogP contribution in [0, 0.1) is 5.92 Å². The number of rotatable bonds is 5. The Kier molecular flexibility index (Phi) is 4.95. The van der Waals surface area contributed by atoms with Gasteiger partial charge in [-0.2, -0.15) is 0 Å². The van der Waals surface area contributed by atoms with Crippen LogP contribution in [-0.4, -0.2) is 32.7 Å². The molecule has 0 saturated heterocycles. The molecule has 6 nitrogen and oxygen atoms in total. The summed E-state index contributed by atoms with van der Waals surface area (Å²) in [6.45, 7) is 1.09. The molecular formula is C24H28N2O4. The first-order valence-corrected chi connectivity index (χ1v) is 10.3. The van der Waals surface area contributed by atoms with Gasteiger partial charge in [0.2, 0.25) is 0 Å². The quantitative estimate of drug-likeness (QED) is 0.590. The van der Waals surface area contributed by atoms with Crippen molar-refractivity contribution in [1.29, 1.82) is 0 Å². The fourth-order valence-corrected chi connectivity index (χ4v) is 4.24. The van der Waals surface area contributed by atoms with Gasteiger partial charge in [0.15, 0.2) is 0 Å². The number of aromatic nitrogens is 1. The number of carbonyl (C=O) groups excluding carboxylic acids is 1. The number of fused-ring (bicyclic) bond motifs is 1. The van der Waals surface area contributed by atoms with E-state index in [9.17, 15) is 15.0 Å². The standard InChI is InChI=1S/C24H28N2O4/c1-24(2,29)17-7-9-18(10-8-17)26-23(28)16-5-3-15(4-6-16)22-20-11-12-30-21(20)13-19(14-27)25-22/h3-6,11-13,17-18,27,29H,7-10,14H2,1-2H3,(H,26,28)/t17-,18-/i14D2. The maximum absolute atomic E-state index is 12.7. The molecule has 1 fully saturated rings. The normalized spacial score (nSPS) is 21.2. The Hall–Kier alpha value is -2.70. The monoisotopic (exact) mass is 410 g/mol. The van der Waals surface area contributed by atoms with Crippen LogP contribution in [0.4, 0.5) is 0 Å². The van der Waals surface area contributed by atoms with Gasteiger partial charge in [0, 0.05) is 28.6 Å². The molecule has 1 aliphatic rings. The number of nitrogens with zero attached hydrogens (tertiary/aromatic N) is 1. The molecule has 0 atom stereocenters. The SMILES string of the molecule is [2H]C([2H])(O)c1cc2occc2c(-c2ccc(C(=O)N[C@H]3CC[C@H](C(C)(C)O)CC3)cc2)n1. The van der Waals surface area contributed by atoms with Crippen LogP contribution in [0.1, 0.15) is 58.3 Å². The van der Waals surface area contributed by atoms with Crippen molar-refractivity contribution in [3.8, 4) is 11.3 Å². The number of aliphatic hydroxyl groups is 2. The maximum Gasteiger partial charge on any atom is 0.251 e. The summed E-state index contributed by atoms with van der Waals surface area (Å²) in [7, 11) is 0. The first-order chi connectivity index (χ1) is 15.0. The summed E-state index contributed by atoms with van der Waals surface area (Å²) in [5, 5.41) is 23.7. The number of amides is 1. The highest BCUT2D eigenvalue weighted by atomic mass is 16.3. The van der Waals surface area contributed by atoms with E-state index in [0.29, 0.717) is 27.8 Å². The van der Waals surface area contributed by atoms with Gasteiger partial charge in [0.05, 0.1) is 32.6 Å². The van der Waals surface area contributed by atoms with Crippen LogP contribution in [-0.2, 0) is 6.56 Å². The number of hydrogen-bond acceptors (Lipinski definition) is 5. The van der Waals surface area contributed by atoms with E-state index in [1.165, 1.54) is 12.3 Å². The lowest BCUT2D eigenvalue weighted by Crippen LogP contribution is -2.41. The van der Waals surface area contributed by atoms with Gasteiger partial charge in [-0.1, -0.05) is 12.1 Å². The molecule has 3 aromatic rings. The lowest BCUT2D eigenvalue weighted by Gasteiger charge is -2.36. The minimum absolute atomic E-state index is 0.0939. The van der Waals surface area contributed by atoms with Gasteiger partial charge in [0.25, 0.3) is 5.91 Å². The van der Waals surface area contributed by atoms with Crippen molar-refractivity contribution in [3.63, 3.8) is 0 Å². The van der Waals surface area contributed by atoms with Crippen molar-refractivity contribution < 1.29 is 22.2 Å². The molecule has 2 heterocycles. The summed E-state index contributed by atoms with van der Waals surface area (Å²) in [5.74, 6) is 0.105. The molecule has 0 bridgehead atoms. The molecule has 1 aromatic carbocycles. The zero-order valence-corrected chi connectivity index (χ0v) is 17.2. The zero-order valence-electron chi connectivity index (χ0n) is 19.2. The van der Waals surface area contributed by atoms with E-state index >= 15 is 0 Å². The number of carbonyl (C=O) groups is 1. The lowest BCUT2D eigenvalue weighted by atomic mass is 9.77. The lowest BCUT2D eigenvalue weighted by molar-refractivity contribution is -0.00257. The highest BCUT2D eigenvalue weighted by Gasteiger charge is 2.31. The minimum atomic E-state index is -2.60. The van der Waals surface area contributed by atoms with Gasteiger partial charge in [-0.3, -0.25) is 4.79 Å². The Bertz CT molecular complexity index is 1110. The fraction of sp³-hybridized carbons (Fsp3) is 0.417. The highest BCUT2D eigenvalue weighted by Crippen LogP contribution is 2.33. The summed E-state index contributed by atoms with van der Waals surface area (Å²) >= 11 is 0. The first-order valence-electron chi connectivity index (χ1n) is 11.3. The van der Waals surface area contributed by atoms with Crippen molar-refractivity contribution >= 4 is 16.9 Å². The summed E-state index contributed by atoms with van der Waals surface area (Å²) in [6.07, 6.45) is 4.94. The summed E-state index contributed by atoms with van der Waals surface area (Å²) < 4.78 is 20.5.